The third-order valence-corrected chi connectivity index (χ3v) is 4.10. The second-order valence-electron chi connectivity index (χ2n) is 5.08. The molecule has 1 unspecified atom stereocenters. The van der Waals surface area contributed by atoms with Crippen LogP contribution >= 0.6 is 0 Å². The van der Waals surface area contributed by atoms with Crippen LogP contribution in [0.4, 0.5) is 0 Å². The van der Waals surface area contributed by atoms with Crippen molar-refractivity contribution >= 4 is 5.78 Å². The second-order valence-corrected chi connectivity index (χ2v) is 5.08. The molecule has 3 fully saturated rings. The third-order valence-electron chi connectivity index (χ3n) is 4.10. The van der Waals surface area contributed by atoms with Crippen molar-refractivity contribution in [2.45, 2.75) is 25.3 Å². The molecule has 2 bridgehead atoms. The minimum atomic E-state index is 0.482. The van der Waals surface area contributed by atoms with Crippen molar-refractivity contribution in [3.8, 4) is 0 Å². The lowest BCUT2D eigenvalue weighted by atomic mass is 9.76. The second kappa shape index (κ2) is 3.31. The summed E-state index contributed by atoms with van der Waals surface area (Å²) in [6, 6.07) is 0.570. The Morgan fingerprint density at radius 1 is 1.36 bits per heavy atom. The molecule has 3 aliphatic rings. The summed E-state index contributed by atoms with van der Waals surface area (Å²) < 4.78 is 0. The predicted molar refractivity (Wildman–Crippen MR) is 54.1 cm³/mol. The Balaban J connectivity index is 1.78. The highest BCUT2D eigenvalue weighted by molar-refractivity contribution is 5.80. The van der Waals surface area contributed by atoms with Gasteiger partial charge in [-0.3, -0.25) is 9.69 Å². The summed E-state index contributed by atoms with van der Waals surface area (Å²) in [5.41, 5.74) is 0. The predicted octanol–water partition coefficient (Wildman–Crippen LogP) is 0.259. The van der Waals surface area contributed by atoms with Crippen molar-refractivity contribution in [3.05, 3.63) is 0 Å². The van der Waals surface area contributed by atoms with Crippen molar-refractivity contribution in [3.63, 3.8) is 0 Å². The molecule has 0 radical (unpaired) electrons. The first-order chi connectivity index (χ1) is 6.83. The third kappa shape index (κ3) is 1.39. The summed E-state index contributed by atoms with van der Waals surface area (Å²) in [6.45, 7) is 4.57. The van der Waals surface area contributed by atoms with Crippen LogP contribution < -0.4 is 5.32 Å². The van der Waals surface area contributed by atoms with Gasteiger partial charge < -0.3 is 5.32 Å². The molecule has 0 amide bonds. The van der Waals surface area contributed by atoms with Gasteiger partial charge in [0.1, 0.15) is 5.78 Å². The average Bonchev–Trinajstić information content (AvgIpc) is 2.20. The van der Waals surface area contributed by atoms with E-state index >= 15 is 0 Å². The zero-order valence-corrected chi connectivity index (χ0v) is 8.54. The molecule has 0 aromatic rings. The molecular weight excluding hydrogens is 176 g/mol. The van der Waals surface area contributed by atoms with Crippen LogP contribution in [-0.4, -0.2) is 42.9 Å². The van der Waals surface area contributed by atoms with Crippen molar-refractivity contribution < 1.29 is 4.79 Å². The highest BCUT2D eigenvalue weighted by Gasteiger charge is 2.40. The molecule has 3 rings (SSSR count). The largest absolute Gasteiger partial charge is 0.316 e. The number of piperidine rings is 3. The molecule has 3 saturated heterocycles. The van der Waals surface area contributed by atoms with Gasteiger partial charge in [-0.25, -0.2) is 0 Å². The quantitative estimate of drug-likeness (QED) is 0.600. The molecule has 3 heteroatoms. The van der Waals surface area contributed by atoms with Gasteiger partial charge in [-0.1, -0.05) is 0 Å². The van der Waals surface area contributed by atoms with Crippen LogP contribution in [0.15, 0.2) is 0 Å². The van der Waals surface area contributed by atoms with E-state index in [9.17, 15) is 4.79 Å². The van der Waals surface area contributed by atoms with E-state index in [2.05, 4.69) is 10.2 Å². The number of Topliss-reactive ketones (excluding diaryl/α,β-unsaturated/α-hetero) is 1. The number of carbonyl (C=O) groups excluding carboxylic acids is 1. The molecule has 0 aromatic carbocycles. The van der Waals surface area contributed by atoms with Gasteiger partial charge in [-0.05, 0) is 31.3 Å². The van der Waals surface area contributed by atoms with E-state index in [0.29, 0.717) is 11.8 Å². The molecule has 0 aromatic heterocycles. The van der Waals surface area contributed by atoms with Crippen LogP contribution in [0.25, 0.3) is 0 Å². The van der Waals surface area contributed by atoms with Crippen molar-refractivity contribution in [1.82, 2.24) is 10.2 Å². The Hall–Kier alpha value is -0.410. The molecule has 1 N–H and O–H groups in total. The minimum Gasteiger partial charge on any atom is -0.316 e. The topological polar surface area (TPSA) is 32.3 Å². The summed E-state index contributed by atoms with van der Waals surface area (Å²) >= 11 is 0. The Bertz CT molecular complexity index is 252. The van der Waals surface area contributed by atoms with Crippen LogP contribution in [0.5, 0.6) is 0 Å². The summed E-state index contributed by atoms with van der Waals surface area (Å²) in [4.78, 5) is 14.0. The number of carbonyl (C=O) groups is 1. The van der Waals surface area contributed by atoms with Gasteiger partial charge in [0, 0.05) is 32.0 Å². The Morgan fingerprint density at radius 3 is 3.21 bits per heavy atom. The molecule has 3 nitrogen and oxygen atoms in total. The standard InChI is InChI=1S/C11H18N2O/c14-10-1-2-13-7-8-3-9(6-12-5-8)11(13)4-10/h8-9,11-12H,1-7H2/t8-,9+,11?/m0/s1. The first-order valence-electron chi connectivity index (χ1n) is 5.79. The molecule has 3 atom stereocenters. The van der Waals surface area contributed by atoms with E-state index in [1.165, 1.54) is 19.5 Å². The first-order valence-corrected chi connectivity index (χ1v) is 5.79. The Morgan fingerprint density at radius 2 is 2.29 bits per heavy atom. The molecule has 3 heterocycles. The van der Waals surface area contributed by atoms with Gasteiger partial charge in [-0.2, -0.15) is 0 Å². The maximum Gasteiger partial charge on any atom is 0.135 e. The van der Waals surface area contributed by atoms with Crippen LogP contribution in [-0.2, 0) is 4.79 Å². The lowest BCUT2D eigenvalue weighted by Gasteiger charge is -2.49. The van der Waals surface area contributed by atoms with Gasteiger partial charge in [0.25, 0.3) is 0 Å². The fourth-order valence-corrected chi connectivity index (χ4v) is 3.42. The highest BCUT2D eigenvalue weighted by atomic mass is 16.1. The van der Waals surface area contributed by atoms with Crippen molar-refractivity contribution in [2.75, 3.05) is 26.2 Å². The normalized spacial score (nSPS) is 43.4. The van der Waals surface area contributed by atoms with E-state index in [1.807, 2.05) is 0 Å². The maximum atomic E-state index is 11.4. The number of ketones is 1. The monoisotopic (exact) mass is 194 g/mol. The zero-order valence-electron chi connectivity index (χ0n) is 8.54. The van der Waals surface area contributed by atoms with Crippen LogP contribution in [0.3, 0.4) is 0 Å². The number of hydrogen-bond acceptors (Lipinski definition) is 3. The lowest BCUT2D eigenvalue weighted by molar-refractivity contribution is -0.126. The number of rotatable bonds is 0. The summed E-state index contributed by atoms with van der Waals surface area (Å²) in [7, 11) is 0. The van der Waals surface area contributed by atoms with Gasteiger partial charge >= 0.3 is 0 Å². The smallest absolute Gasteiger partial charge is 0.135 e. The molecule has 0 spiro atoms. The number of fused-ring (bicyclic) bond motifs is 4. The van der Waals surface area contributed by atoms with E-state index in [-0.39, 0.29) is 0 Å². The fraction of sp³-hybridized carbons (Fsp3) is 0.909. The van der Waals surface area contributed by atoms with E-state index in [4.69, 9.17) is 0 Å². The molecular formula is C11H18N2O. The van der Waals surface area contributed by atoms with E-state index < -0.39 is 0 Å². The maximum absolute atomic E-state index is 11.4. The Labute approximate surface area is 84.8 Å². The van der Waals surface area contributed by atoms with Gasteiger partial charge in [0.05, 0.1) is 0 Å². The van der Waals surface area contributed by atoms with E-state index in [0.717, 1.165) is 37.8 Å². The van der Waals surface area contributed by atoms with Crippen molar-refractivity contribution in [2.24, 2.45) is 11.8 Å². The molecule has 3 aliphatic heterocycles. The average molecular weight is 194 g/mol. The lowest BCUT2D eigenvalue weighted by Crippen LogP contribution is -2.59. The van der Waals surface area contributed by atoms with Crippen LogP contribution in [0, 0.1) is 11.8 Å². The summed E-state index contributed by atoms with van der Waals surface area (Å²) in [5.74, 6) is 2.07. The molecule has 78 valence electrons. The highest BCUT2D eigenvalue weighted by Crippen LogP contribution is 2.33. The number of nitrogens with zero attached hydrogens (tertiary/aromatic N) is 1. The van der Waals surface area contributed by atoms with Crippen LogP contribution in [0.2, 0.25) is 0 Å². The van der Waals surface area contributed by atoms with E-state index in [1.54, 1.807) is 0 Å². The van der Waals surface area contributed by atoms with Gasteiger partial charge in [-0.15, -0.1) is 0 Å². The molecule has 0 aliphatic carbocycles. The zero-order chi connectivity index (χ0) is 9.54. The Kier molecular flexibility index (Phi) is 2.10. The summed E-state index contributed by atoms with van der Waals surface area (Å²) in [6.07, 6.45) is 2.96. The number of hydrogen-bond donors (Lipinski definition) is 1. The fourth-order valence-electron chi connectivity index (χ4n) is 3.42. The number of nitrogens with one attached hydrogen (secondary N) is 1. The first kappa shape index (κ1) is 8.86. The molecule has 14 heavy (non-hydrogen) atoms. The van der Waals surface area contributed by atoms with Crippen molar-refractivity contribution in [1.29, 1.82) is 0 Å². The van der Waals surface area contributed by atoms with Crippen LogP contribution in [0.1, 0.15) is 19.3 Å². The summed E-state index contributed by atoms with van der Waals surface area (Å²) in [5, 5.41) is 3.50. The molecule has 0 saturated carbocycles. The SMILES string of the molecule is O=C1CCN2C[C@@H]3CNC[C@@H](C3)C2C1. The van der Waals surface area contributed by atoms with Gasteiger partial charge in [0.15, 0.2) is 0 Å². The van der Waals surface area contributed by atoms with Gasteiger partial charge in [0.2, 0.25) is 0 Å². The minimum absolute atomic E-state index is 0.482.